The van der Waals surface area contributed by atoms with Crippen LogP contribution in [0.3, 0.4) is 0 Å². The fourth-order valence-corrected chi connectivity index (χ4v) is 2.42. The molecular formula is C20H17F2N. The third-order valence-electron chi connectivity index (χ3n) is 3.51. The van der Waals surface area contributed by atoms with Gasteiger partial charge in [0.25, 0.3) is 0 Å². The van der Waals surface area contributed by atoms with Gasteiger partial charge < -0.3 is 0 Å². The Bertz CT molecular complexity index is 713. The second-order valence-corrected chi connectivity index (χ2v) is 5.46. The Morgan fingerprint density at radius 3 is 1.70 bits per heavy atom. The summed E-state index contributed by atoms with van der Waals surface area (Å²) >= 11 is 0. The van der Waals surface area contributed by atoms with Crippen LogP contribution in [-0.2, 0) is 0 Å². The molecule has 23 heavy (non-hydrogen) atoms. The Kier molecular flexibility index (Phi) is 5.43. The van der Waals surface area contributed by atoms with E-state index in [0.717, 1.165) is 22.3 Å². The number of nitriles is 1. The number of halogens is 2. The lowest BCUT2D eigenvalue weighted by Crippen LogP contribution is -2.00. The maximum absolute atomic E-state index is 13.2. The van der Waals surface area contributed by atoms with Crippen molar-refractivity contribution >= 4 is 5.57 Å². The van der Waals surface area contributed by atoms with Crippen molar-refractivity contribution < 1.29 is 8.78 Å². The van der Waals surface area contributed by atoms with Crippen molar-refractivity contribution in [3.63, 3.8) is 0 Å². The van der Waals surface area contributed by atoms with E-state index in [-0.39, 0.29) is 17.6 Å². The van der Waals surface area contributed by atoms with Crippen molar-refractivity contribution in [1.29, 1.82) is 5.26 Å². The topological polar surface area (TPSA) is 23.8 Å². The first-order valence-electron chi connectivity index (χ1n) is 7.35. The predicted molar refractivity (Wildman–Crippen MR) is 88.4 cm³/mol. The second-order valence-electron chi connectivity index (χ2n) is 5.46. The molecule has 1 nitrogen and oxygen atoms in total. The smallest absolute Gasteiger partial charge is 0.123 e. The predicted octanol–water partition coefficient (Wildman–Crippen LogP) is 5.50. The van der Waals surface area contributed by atoms with Gasteiger partial charge in [-0.1, -0.05) is 38.1 Å². The average Bonchev–Trinajstić information content (AvgIpc) is 2.53. The minimum atomic E-state index is -0.314. The Morgan fingerprint density at radius 2 is 1.35 bits per heavy atom. The van der Waals surface area contributed by atoms with Crippen molar-refractivity contribution in [2.45, 2.75) is 13.8 Å². The summed E-state index contributed by atoms with van der Waals surface area (Å²) in [7, 11) is 0. The molecule has 0 radical (unpaired) electrons. The van der Waals surface area contributed by atoms with Crippen molar-refractivity contribution in [3.8, 4) is 6.07 Å². The van der Waals surface area contributed by atoms with Crippen LogP contribution in [-0.4, -0.2) is 0 Å². The molecule has 0 aliphatic carbocycles. The van der Waals surface area contributed by atoms with E-state index in [1.807, 2.05) is 19.9 Å². The number of hydrogen-bond donors (Lipinski definition) is 0. The molecule has 0 aliphatic rings. The molecule has 0 heterocycles. The summed E-state index contributed by atoms with van der Waals surface area (Å²) in [6.45, 7) is 4.04. The van der Waals surface area contributed by atoms with Crippen molar-refractivity contribution in [2.75, 3.05) is 0 Å². The summed E-state index contributed by atoms with van der Waals surface area (Å²) in [5.41, 5.74) is 3.45. The van der Waals surface area contributed by atoms with Gasteiger partial charge in [-0.25, -0.2) is 8.78 Å². The maximum atomic E-state index is 13.2. The van der Waals surface area contributed by atoms with E-state index < -0.39 is 0 Å². The van der Waals surface area contributed by atoms with Gasteiger partial charge in [0, 0.05) is 6.08 Å². The first kappa shape index (κ1) is 16.6. The fraction of sp³-hybridized carbons (Fsp3) is 0.150. The van der Waals surface area contributed by atoms with E-state index in [4.69, 9.17) is 5.26 Å². The van der Waals surface area contributed by atoms with Crippen LogP contribution in [0, 0.1) is 28.9 Å². The second kappa shape index (κ2) is 7.51. The SMILES string of the molecule is CC(C)C(C=CC#N)=C(c1ccc(F)cc1)c1ccc(F)cc1. The van der Waals surface area contributed by atoms with Gasteiger partial charge in [-0.05, 0) is 58.5 Å². The van der Waals surface area contributed by atoms with Crippen molar-refractivity contribution in [3.05, 3.63) is 89.0 Å². The van der Waals surface area contributed by atoms with E-state index in [1.165, 1.54) is 30.3 Å². The Balaban J connectivity index is 2.72. The van der Waals surface area contributed by atoms with Crippen LogP contribution >= 0.6 is 0 Å². The maximum Gasteiger partial charge on any atom is 0.123 e. The minimum absolute atomic E-state index is 0.143. The van der Waals surface area contributed by atoms with Gasteiger partial charge in [-0.15, -0.1) is 0 Å². The van der Waals surface area contributed by atoms with Crippen LogP contribution in [0.15, 0.2) is 66.3 Å². The lowest BCUT2D eigenvalue weighted by molar-refractivity contribution is 0.627. The zero-order valence-corrected chi connectivity index (χ0v) is 13.1. The summed E-state index contributed by atoms with van der Waals surface area (Å²) in [5.74, 6) is -0.485. The number of allylic oxidation sites excluding steroid dienone is 3. The highest BCUT2D eigenvalue weighted by Gasteiger charge is 2.13. The molecule has 0 saturated heterocycles. The molecule has 0 fully saturated rings. The number of benzene rings is 2. The highest BCUT2D eigenvalue weighted by Crippen LogP contribution is 2.31. The fourth-order valence-electron chi connectivity index (χ4n) is 2.42. The lowest BCUT2D eigenvalue weighted by atomic mass is 9.87. The van der Waals surface area contributed by atoms with Crippen LogP contribution in [0.4, 0.5) is 8.78 Å². The summed E-state index contributed by atoms with van der Waals surface area (Å²) in [5, 5.41) is 8.83. The van der Waals surface area contributed by atoms with E-state index in [1.54, 1.807) is 30.3 Å². The largest absolute Gasteiger partial charge is 0.207 e. The zero-order chi connectivity index (χ0) is 16.8. The van der Waals surface area contributed by atoms with Crippen LogP contribution in [0.1, 0.15) is 25.0 Å². The molecular weight excluding hydrogens is 292 g/mol. The van der Waals surface area contributed by atoms with E-state index in [0.29, 0.717) is 0 Å². The molecule has 0 aromatic heterocycles. The number of rotatable bonds is 4. The molecule has 116 valence electrons. The van der Waals surface area contributed by atoms with Crippen molar-refractivity contribution in [2.24, 2.45) is 5.92 Å². The molecule has 2 rings (SSSR count). The molecule has 0 aliphatic heterocycles. The number of hydrogen-bond acceptors (Lipinski definition) is 1. The van der Waals surface area contributed by atoms with E-state index in [9.17, 15) is 8.78 Å². The highest BCUT2D eigenvalue weighted by molar-refractivity contribution is 5.83. The summed E-state index contributed by atoms with van der Waals surface area (Å²) < 4.78 is 26.5. The summed E-state index contributed by atoms with van der Waals surface area (Å²) in [6.07, 6.45) is 3.18. The van der Waals surface area contributed by atoms with Crippen LogP contribution in [0.2, 0.25) is 0 Å². The summed E-state index contributed by atoms with van der Waals surface area (Å²) in [4.78, 5) is 0. The van der Waals surface area contributed by atoms with Gasteiger partial charge in [0.05, 0.1) is 6.07 Å². The number of nitrogens with zero attached hydrogens (tertiary/aromatic N) is 1. The monoisotopic (exact) mass is 309 g/mol. The molecule has 0 N–H and O–H groups in total. The normalized spacial score (nSPS) is 10.8. The standard InChI is InChI=1S/C20H17F2N/c1-14(2)19(4-3-13-23)20(15-5-9-17(21)10-6-15)16-7-11-18(22)12-8-16/h3-12,14H,1-2H3. The van der Waals surface area contributed by atoms with Gasteiger partial charge in [-0.2, -0.15) is 5.26 Å². The van der Waals surface area contributed by atoms with Gasteiger partial charge in [0.2, 0.25) is 0 Å². The van der Waals surface area contributed by atoms with Gasteiger partial charge in [0.1, 0.15) is 11.6 Å². The Hall–Kier alpha value is -2.73. The van der Waals surface area contributed by atoms with Crippen LogP contribution in [0.25, 0.3) is 5.57 Å². The van der Waals surface area contributed by atoms with Crippen LogP contribution in [0.5, 0.6) is 0 Å². The quantitative estimate of drug-likeness (QED) is 0.540. The molecule has 0 saturated carbocycles. The average molecular weight is 309 g/mol. The van der Waals surface area contributed by atoms with E-state index in [2.05, 4.69) is 0 Å². The molecule has 0 atom stereocenters. The Morgan fingerprint density at radius 1 is 0.913 bits per heavy atom. The van der Waals surface area contributed by atoms with E-state index >= 15 is 0 Å². The molecule has 0 amide bonds. The summed E-state index contributed by atoms with van der Waals surface area (Å²) in [6, 6.07) is 14.3. The third-order valence-corrected chi connectivity index (χ3v) is 3.51. The third kappa shape index (κ3) is 4.14. The molecule has 0 unspecified atom stereocenters. The first-order chi connectivity index (χ1) is 11.0. The molecule has 2 aromatic rings. The molecule has 3 heteroatoms. The van der Waals surface area contributed by atoms with Gasteiger partial charge >= 0.3 is 0 Å². The van der Waals surface area contributed by atoms with Gasteiger partial charge in [-0.3, -0.25) is 0 Å². The van der Waals surface area contributed by atoms with Crippen molar-refractivity contribution in [1.82, 2.24) is 0 Å². The minimum Gasteiger partial charge on any atom is -0.207 e. The molecule has 2 aromatic carbocycles. The molecule has 0 bridgehead atoms. The lowest BCUT2D eigenvalue weighted by Gasteiger charge is -2.17. The zero-order valence-electron chi connectivity index (χ0n) is 13.1. The highest BCUT2D eigenvalue weighted by atomic mass is 19.1. The van der Waals surface area contributed by atoms with Gasteiger partial charge in [0.15, 0.2) is 0 Å². The molecule has 0 spiro atoms. The first-order valence-corrected chi connectivity index (χ1v) is 7.35. The Labute approximate surface area is 135 Å². The van der Waals surface area contributed by atoms with Crippen LogP contribution < -0.4 is 0 Å².